The molecule has 2 amide bonds. The molecule has 3 unspecified atom stereocenters. The van der Waals surface area contributed by atoms with E-state index >= 15 is 0 Å². The van der Waals surface area contributed by atoms with Gasteiger partial charge in [-0.05, 0) is 11.6 Å². The van der Waals surface area contributed by atoms with E-state index < -0.39 is 54.9 Å². The number of hydrogen-bond acceptors (Lipinski definition) is 6. The van der Waals surface area contributed by atoms with E-state index in [2.05, 4.69) is 15.6 Å². The van der Waals surface area contributed by atoms with Crippen LogP contribution in [0, 0.1) is 0 Å². The molecular weight excluding hydrogens is 384 g/mol. The number of aliphatic hydroxyl groups excluding tert-OH is 1. The number of nitrogens with one attached hydrogen (secondary N) is 3. The number of carbonyl (C=O) groups excluding carboxylic acids is 2. The number of H-pyrrole nitrogens is 1. The van der Waals surface area contributed by atoms with Crippen LogP contribution in [-0.4, -0.2) is 68.8 Å². The van der Waals surface area contributed by atoms with Gasteiger partial charge in [-0.25, -0.2) is 4.79 Å². The lowest BCUT2D eigenvalue weighted by Gasteiger charge is -2.21. The first kappa shape index (κ1) is 21.9. The molecule has 8 N–H and O–H groups in total. The standard InChI is InChI=1S/C18H22N4O7/c19-11(6-15(24)25)16(26)22-14(8-23)17(27)21-13(18(28)29)5-9-7-20-12-4-2-1-3-10(9)12/h1-4,7,11,13-14,20,23H,5-6,8,19H2,(H,21,27)(H,22,26)(H,24,25)(H,28,29). The molecule has 2 aromatic rings. The lowest BCUT2D eigenvalue weighted by atomic mass is 10.0. The van der Waals surface area contributed by atoms with Crippen molar-refractivity contribution in [2.24, 2.45) is 5.73 Å². The fraction of sp³-hybridized carbons (Fsp3) is 0.333. The minimum Gasteiger partial charge on any atom is -0.481 e. The highest BCUT2D eigenvalue weighted by atomic mass is 16.4. The highest BCUT2D eigenvalue weighted by Crippen LogP contribution is 2.19. The lowest BCUT2D eigenvalue weighted by Crippen LogP contribution is -2.56. The van der Waals surface area contributed by atoms with Gasteiger partial charge in [0, 0.05) is 23.5 Å². The van der Waals surface area contributed by atoms with Gasteiger partial charge in [-0.1, -0.05) is 18.2 Å². The second kappa shape index (κ2) is 9.66. The molecule has 11 nitrogen and oxygen atoms in total. The molecular formula is C18H22N4O7. The molecule has 0 saturated heterocycles. The molecule has 0 aliphatic heterocycles. The van der Waals surface area contributed by atoms with Crippen LogP contribution in [-0.2, 0) is 25.6 Å². The van der Waals surface area contributed by atoms with Gasteiger partial charge in [0.25, 0.3) is 0 Å². The van der Waals surface area contributed by atoms with E-state index in [0.717, 1.165) is 10.9 Å². The first-order valence-electron chi connectivity index (χ1n) is 8.69. The van der Waals surface area contributed by atoms with Gasteiger partial charge < -0.3 is 36.7 Å². The Kier molecular flexibility index (Phi) is 7.28. The van der Waals surface area contributed by atoms with E-state index in [-0.39, 0.29) is 6.42 Å². The van der Waals surface area contributed by atoms with Crippen molar-refractivity contribution in [1.82, 2.24) is 15.6 Å². The molecule has 0 aliphatic carbocycles. The summed E-state index contributed by atoms with van der Waals surface area (Å²) in [6, 6.07) is 3.03. The number of hydrogen-bond donors (Lipinski definition) is 7. The van der Waals surface area contributed by atoms with Crippen molar-refractivity contribution in [1.29, 1.82) is 0 Å². The molecule has 0 aliphatic rings. The average molecular weight is 406 g/mol. The van der Waals surface area contributed by atoms with Crippen LogP contribution in [0.1, 0.15) is 12.0 Å². The van der Waals surface area contributed by atoms with Crippen LogP contribution in [0.2, 0.25) is 0 Å². The van der Waals surface area contributed by atoms with Gasteiger partial charge >= 0.3 is 11.9 Å². The lowest BCUT2D eigenvalue weighted by molar-refractivity contribution is -0.143. The van der Waals surface area contributed by atoms with Crippen molar-refractivity contribution in [2.75, 3.05) is 6.61 Å². The maximum Gasteiger partial charge on any atom is 0.326 e. The normalized spacial score (nSPS) is 14.0. The molecule has 11 heteroatoms. The summed E-state index contributed by atoms with van der Waals surface area (Å²) < 4.78 is 0. The Hall–Kier alpha value is -3.44. The number of amides is 2. The van der Waals surface area contributed by atoms with Gasteiger partial charge in [-0.3, -0.25) is 14.4 Å². The molecule has 0 bridgehead atoms. The summed E-state index contributed by atoms with van der Waals surface area (Å²) in [6.45, 7) is -0.823. The second-order valence-corrected chi connectivity index (χ2v) is 6.41. The molecule has 1 heterocycles. The van der Waals surface area contributed by atoms with Gasteiger partial charge in [0.15, 0.2) is 0 Å². The highest BCUT2D eigenvalue weighted by Gasteiger charge is 2.28. The van der Waals surface area contributed by atoms with E-state index in [9.17, 15) is 29.4 Å². The van der Waals surface area contributed by atoms with E-state index in [1.807, 2.05) is 18.2 Å². The van der Waals surface area contributed by atoms with Gasteiger partial charge in [-0.15, -0.1) is 0 Å². The van der Waals surface area contributed by atoms with Crippen molar-refractivity contribution < 1.29 is 34.5 Å². The fourth-order valence-corrected chi connectivity index (χ4v) is 2.75. The minimum atomic E-state index is -1.48. The monoisotopic (exact) mass is 406 g/mol. The summed E-state index contributed by atoms with van der Waals surface area (Å²) in [5.41, 5.74) is 6.89. The molecule has 1 aromatic heterocycles. The van der Waals surface area contributed by atoms with Crippen LogP contribution < -0.4 is 16.4 Å². The minimum absolute atomic E-state index is 0.0320. The number of benzene rings is 1. The summed E-state index contributed by atoms with van der Waals surface area (Å²) >= 11 is 0. The number of aliphatic carboxylic acids is 2. The Morgan fingerprint density at radius 3 is 2.31 bits per heavy atom. The van der Waals surface area contributed by atoms with Crippen LogP contribution in [0.3, 0.4) is 0 Å². The maximum atomic E-state index is 12.3. The highest BCUT2D eigenvalue weighted by molar-refractivity contribution is 5.93. The smallest absolute Gasteiger partial charge is 0.326 e. The van der Waals surface area contributed by atoms with Gasteiger partial charge in [0.05, 0.1) is 19.1 Å². The van der Waals surface area contributed by atoms with Gasteiger partial charge in [0.2, 0.25) is 11.8 Å². The largest absolute Gasteiger partial charge is 0.481 e. The SMILES string of the molecule is NC(CC(=O)O)C(=O)NC(CO)C(=O)NC(Cc1c[nH]c2ccccc12)C(=O)O. The number of nitrogens with two attached hydrogens (primary N) is 1. The van der Waals surface area contributed by atoms with Crippen LogP contribution in [0.15, 0.2) is 30.5 Å². The zero-order valence-corrected chi connectivity index (χ0v) is 15.3. The third-order valence-corrected chi connectivity index (χ3v) is 4.26. The zero-order chi connectivity index (χ0) is 21.6. The van der Waals surface area contributed by atoms with E-state index in [1.54, 1.807) is 12.3 Å². The van der Waals surface area contributed by atoms with Crippen molar-refractivity contribution in [2.45, 2.75) is 31.0 Å². The van der Waals surface area contributed by atoms with Crippen molar-refractivity contribution in [3.8, 4) is 0 Å². The molecule has 0 radical (unpaired) electrons. The van der Waals surface area contributed by atoms with Crippen molar-refractivity contribution in [3.63, 3.8) is 0 Å². The summed E-state index contributed by atoms with van der Waals surface area (Å²) in [5.74, 6) is -4.49. The molecule has 0 fully saturated rings. The first-order valence-corrected chi connectivity index (χ1v) is 8.69. The van der Waals surface area contributed by atoms with Crippen LogP contribution in [0.4, 0.5) is 0 Å². The summed E-state index contributed by atoms with van der Waals surface area (Å²) in [6.07, 6.45) is 0.947. The Balaban J connectivity index is 2.06. The molecule has 1 aromatic carbocycles. The van der Waals surface area contributed by atoms with Crippen LogP contribution in [0.5, 0.6) is 0 Å². The zero-order valence-electron chi connectivity index (χ0n) is 15.3. The number of aromatic nitrogens is 1. The predicted octanol–water partition coefficient (Wildman–Crippen LogP) is -1.44. The summed E-state index contributed by atoms with van der Waals surface area (Å²) in [7, 11) is 0. The topological polar surface area (TPSA) is 195 Å². The van der Waals surface area contributed by atoms with Crippen LogP contribution >= 0.6 is 0 Å². The van der Waals surface area contributed by atoms with Crippen molar-refractivity contribution in [3.05, 3.63) is 36.0 Å². The molecule has 0 saturated carbocycles. The van der Waals surface area contributed by atoms with E-state index in [1.165, 1.54) is 0 Å². The van der Waals surface area contributed by atoms with E-state index in [0.29, 0.717) is 5.56 Å². The molecule has 156 valence electrons. The van der Waals surface area contributed by atoms with E-state index in [4.69, 9.17) is 10.8 Å². The number of carboxylic acids is 2. The third-order valence-electron chi connectivity index (χ3n) is 4.26. The van der Waals surface area contributed by atoms with Gasteiger partial charge in [-0.2, -0.15) is 0 Å². The Morgan fingerprint density at radius 2 is 1.69 bits per heavy atom. The number of carboxylic acid groups (broad SMARTS) is 2. The molecule has 3 atom stereocenters. The number of fused-ring (bicyclic) bond motifs is 1. The summed E-state index contributed by atoms with van der Waals surface area (Å²) in [4.78, 5) is 49.4. The fourth-order valence-electron chi connectivity index (χ4n) is 2.75. The number of para-hydroxylation sites is 1. The molecule has 0 spiro atoms. The number of aromatic amines is 1. The number of rotatable bonds is 10. The average Bonchev–Trinajstić information content (AvgIpc) is 3.07. The quantitative estimate of drug-likeness (QED) is 0.249. The number of carbonyl (C=O) groups is 4. The summed E-state index contributed by atoms with van der Waals surface area (Å²) in [5, 5.41) is 32.7. The van der Waals surface area contributed by atoms with Crippen molar-refractivity contribution >= 4 is 34.7 Å². The third kappa shape index (κ3) is 5.77. The Labute approximate surface area is 164 Å². The second-order valence-electron chi connectivity index (χ2n) is 6.41. The Bertz CT molecular complexity index is 911. The van der Waals surface area contributed by atoms with Crippen LogP contribution in [0.25, 0.3) is 10.9 Å². The van der Waals surface area contributed by atoms with Gasteiger partial charge in [0.1, 0.15) is 12.1 Å². The molecule has 2 rings (SSSR count). The molecule has 29 heavy (non-hydrogen) atoms. The maximum absolute atomic E-state index is 12.3. The number of aliphatic hydroxyl groups is 1. The predicted molar refractivity (Wildman–Crippen MR) is 101 cm³/mol. The first-order chi connectivity index (χ1) is 13.7. The Morgan fingerprint density at radius 1 is 1.03 bits per heavy atom.